The Morgan fingerprint density at radius 3 is 2.72 bits per heavy atom. The molecule has 0 saturated carbocycles. The maximum absolute atomic E-state index is 12.8. The van der Waals surface area contributed by atoms with Crippen molar-refractivity contribution < 1.29 is 4.74 Å². The van der Waals surface area contributed by atoms with Crippen LogP contribution in [-0.2, 0) is 6.54 Å². The number of nitrogens with one attached hydrogen (secondary N) is 1. The van der Waals surface area contributed by atoms with Crippen LogP contribution < -0.4 is 15.6 Å². The third-order valence-corrected chi connectivity index (χ3v) is 4.04. The van der Waals surface area contributed by atoms with Crippen molar-refractivity contribution >= 4 is 17.4 Å². The predicted molar refractivity (Wildman–Crippen MR) is 99.8 cm³/mol. The molecule has 3 rings (SSSR count). The van der Waals surface area contributed by atoms with E-state index in [-0.39, 0.29) is 11.4 Å². The Bertz CT molecular complexity index is 924. The lowest BCUT2D eigenvalue weighted by Crippen LogP contribution is -2.23. The predicted octanol–water partition coefficient (Wildman–Crippen LogP) is 3.90. The lowest BCUT2D eigenvalue weighted by molar-refractivity contribution is 0.339. The molecule has 0 atom stereocenters. The fraction of sp³-hybridized carbons (Fsp3) is 0.158. The summed E-state index contributed by atoms with van der Waals surface area (Å²) in [6.45, 7) is 2.84. The Labute approximate surface area is 150 Å². The van der Waals surface area contributed by atoms with Gasteiger partial charge in [-0.05, 0) is 30.7 Å². The first-order valence-corrected chi connectivity index (χ1v) is 8.35. The van der Waals surface area contributed by atoms with Crippen LogP contribution >= 0.6 is 11.6 Å². The van der Waals surface area contributed by atoms with Gasteiger partial charge in [-0.2, -0.15) is 0 Å². The van der Waals surface area contributed by atoms with Crippen LogP contribution in [0.2, 0.25) is 5.02 Å². The molecule has 1 heterocycles. The highest BCUT2D eigenvalue weighted by Gasteiger charge is 2.10. The average molecular weight is 356 g/mol. The molecular formula is C19H18ClN3O2. The fourth-order valence-corrected chi connectivity index (χ4v) is 2.68. The summed E-state index contributed by atoms with van der Waals surface area (Å²) in [5.74, 6) is 0.907. The van der Waals surface area contributed by atoms with Crippen molar-refractivity contribution in [1.29, 1.82) is 0 Å². The first-order chi connectivity index (χ1) is 12.2. The average Bonchev–Trinajstić information content (AvgIpc) is 2.63. The minimum atomic E-state index is -0.248. The zero-order chi connectivity index (χ0) is 17.6. The molecule has 1 N–H and O–H groups in total. The summed E-state index contributed by atoms with van der Waals surface area (Å²) in [5, 5.41) is 3.71. The summed E-state index contributed by atoms with van der Waals surface area (Å²) in [5.41, 5.74) is 1.33. The van der Waals surface area contributed by atoms with Gasteiger partial charge in [-0.1, -0.05) is 41.9 Å². The number of anilines is 1. The van der Waals surface area contributed by atoms with Crippen LogP contribution in [-0.4, -0.2) is 16.2 Å². The highest BCUT2D eigenvalue weighted by Crippen LogP contribution is 2.21. The second kappa shape index (κ2) is 7.85. The third kappa shape index (κ3) is 3.83. The molecular weight excluding hydrogens is 338 g/mol. The molecule has 25 heavy (non-hydrogen) atoms. The molecule has 0 aliphatic rings. The first kappa shape index (κ1) is 17.0. The normalized spacial score (nSPS) is 10.5. The van der Waals surface area contributed by atoms with Crippen molar-refractivity contribution in [2.45, 2.75) is 13.5 Å². The van der Waals surface area contributed by atoms with Gasteiger partial charge in [-0.3, -0.25) is 9.36 Å². The number of aromatic nitrogens is 2. The van der Waals surface area contributed by atoms with Crippen molar-refractivity contribution in [3.63, 3.8) is 0 Å². The van der Waals surface area contributed by atoms with E-state index in [1.807, 2.05) is 55.5 Å². The van der Waals surface area contributed by atoms with E-state index >= 15 is 0 Å². The topological polar surface area (TPSA) is 56.1 Å². The van der Waals surface area contributed by atoms with Crippen LogP contribution in [0.15, 0.2) is 65.7 Å². The third-order valence-electron chi connectivity index (χ3n) is 3.67. The number of hydrogen-bond acceptors (Lipinski definition) is 4. The molecule has 0 aliphatic carbocycles. The Morgan fingerprint density at radius 1 is 1.16 bits per heavy atom. The Hall–Kier alpha value is -2.79. The minimum absolute atomic E-state index is 0.248. The van der Waals surface area contributed by atoms with Gasteiger partial charge in [0.05, 0.1) is 12.3 Å². The smallest absolute Gasteiger partial charge is 0.297 e. The number of rotatable bonds is 6. The fourth-order valence-electron chi connectivity index (χ4n) is 2.48. The van der Waals surface area contributed by atoms with E-state index in [9.17, 15) is 4.79 Å². The second-order valence-corrected chi connectivity index (χ2v) is 5.70. The van der Waals surface area contributed by atoms with Crippen LogP contribution in [0.5, 0.6) is 5.75 Å². The maximum atomic E-state index is 12.8. The molecule has 0 spiro atoms. The molecule has 0 saturated heterocycles. The summed E-state index contributed by atoms with van der Waals surface area (Å²) in [7, 11) is 0. The van der Waals surface area contributed by atoms with Gasteiger partial charge in [-0.25, -0.2) is 4.98 Å². The molecule has 0 unspecified atom stereocenters. The molecule has 0 bridgehead atoms. The van der Waals surface area contributed by atoms with Crippen molar-refractivity contribution in [3.05, 3.63) is 81.9 Å². The number of nitrogens with zero attached hydrogens (tertiary/aromatic N) is 2. The molecule has 0 aliphatic heterocycles. The number of para-hydroxylation sites is 2. The van der Waals surface area contributed by atoms with E-state index in [1.54, 1.807) is 12.4 Å². The van der Waals surface area contributed by atoms with Gasteiger partial charge in [0.1, 0.15) is 5.75 Å². The summed E-state index contributed by atoms with van der Waals surface area (Å²) in [6.07, 6.45) is 3.21. The molecule has 1 aromatic heterocycles. The summed E-state index contributed by atoms with van der Waals surface area (Å²) >= 11 is 6.15. The summed E-state index contributed by atoms with van der Waals surface area (Å²) in [4.78, 5) is 16.9. The van der Waals surface area contributed by atoms with Gasteiger partial charge in [0.2, 0.25) is 0 Å². The largest absolute Gasteiger partial charge is 0.492 e. The molecule has 128 valence electrons. The zero-order valence-corrected chi connectivity index (χ0v) is 14.5. The minimum Gasteiger partial charge on any atom is -0.492 e. The molecule has 3 aromatic rings. The maximum Gasteiger partial charge on any atom is 0.297 e. The first-order valence-electron chi connectivity index (χ1n) is 7.98. The van der Waals surface area contributed by atoms with Crippen molar-refractivity contribution in [2.75, 3.05) is 11.9 Å². The number of halogens is 1. The van der Waals surface area contributed by atoms with E-state index in [2.05, 4.69) is 10.3 Å². The number of ether oxygens (including phenoxy) is 1. The van der Waals surface area contributed by atoms with Crippen LogP contribution in [0.4, 0.5) is 5.82 Å². The van der Waals surface area contributed by atoms with E-state index in [0.29, 0.717) is 29.6 Å². The zero-order valence-electron chi connectivity index (χ0n) is 13.8. The van der Waals surface area contributed by atoms with E-state index in [0.717, 1.165) is 5.56 Å². The van der Waals surface area contributed by atoms with Gasteiger partial charge < -0.3 is 10.1 Å². The van der Waals surface area contributed by atoms with Crippen molar-refractivity contribution in [1.82, 2.24) is 9.55 Å². The van der Waals surface area contributed by atoms with Gasteiger partial charge in [0.25, 0.3) is 5.56 Å². The Morgan fingerprint density at radius 2 is 1.92 bits per heavy atom. The van der Waals surface area contributed by atoms with Crippen molar-refractivity contribution in [2.24, 2.45) is 0 Å². The lowest BCUT2D eigenvalue weighted by Gasteiger charge is -2.13. The lowest BCUT2D eigenvalue weighted by atomic mass is 10.2. The standard InChI is InChI=1S/C19H18ClN3O2/c1-2-25-17-10-6-5-9-16(17)23-12-11-21-18(19(23)24)22-13-14-7-3-4-8-15(14)20/h3-12H,2,13H2,1H3,(H,21,22). The molecule has 6 heteroatoms. The van der Waals surface area contributed by atoms with Gasteiger partial charge in [0.15, 0.2) is 5.82 Å². The summed E-state index contributed by atoms with van der Waals surface area (Å²) < 4.78 is 7.13. The second-order valence-electron chi connectivity index (χ2n) is 5.30. The van der Waals surface area contributed by atoms with Gasteiger partial charge >= 0.3 is 0 Å². The molecule has 0 fully saturated rings. The van der Waals surface area contributed by atoms with Crippen LogP contribution in [0.25, 0.3) is 5.69 Å². The molecule has 5 nitrogen and oxygen atoms in total. The quantitative estimate of drug-likeness (QED) is 0.728. The van der Waals surface area contributed by atoms with E-state index in [1.165, 1.54) is 4.57 Å². The van der Waals surface area contributed by atoms with E-state index in [4.69, 9.17) is 16.3 Å². The monoisotopic (exact) mass is 355 g/mol. The molecule has 0 amide bonds. The van der Waals surface area contributed by atoms with Gasteiger partial charge in [0, 0.05) is 24.0 Å². The van der Waals surface area contributed by atoms with Crippen LogP contribution in [0.1, 0.15) is 12.5 Å². The highest BCUT2D eigenvalue weighted by atomic mass is 35.5. The van der Waals surface area contributed by atoms with E-state index < -0.39 is 0 Å². The van der Waals surface area contributed by atoms with Crippen LogP contribution in [0.3, 0.4) is 0 Å². The number of hydrogen-bond donors (Lipinski definition) is 1. The Balaban J connectivity index is 1.91. The van der Waals surface area contributed by atoms with Gasteiger partial charge in [-0.15, -0.1) is 0 Å². The van der Waals surface area contributed by atoms with Crippen LogP contribution in [0, 0.1) is 0 Å². The molecule has 0 radical (unpaired) electrons. The highest BCUT2D eigenvalue weighted by molar-refractivity contribution is 6.31. The van der Waals surface area contributed by atoms with Crippen molar-refractivity contribution in [3.8, 4) is 11.4 Å². The Kier molecular flexibility index (Phi) is 5.36. The molecule has 2 aromatic carbocycles. The SMILES string of the molecule is CCOc1ccccc1-n1ccnc(NCc2ccccc2Cl)c1=O. The number of benzene rings is 2. The summed E-state index contributed by atoms with van der Waals surface area (Å²) in [6, 6.07) is 14.9.